The van der Waals surface area contributed by atoms with Gasteiger partial charge in [-0.25, -0.2) is 0 Å². The van der Waals surface area contributed by atoms with Crippen molar-refractivity contribution in [1.82, 2.24) is 5.32 Å². The summed E-state index contributed by atoms with van der Waals surface area (Å²) in [4.78, 5) is 10.9. The number of amides is 1. The van der Waals surface area contributed by atoms with Gasteiger partial charge in [0, 0.05) is 12.6 Å². The minimum Gasteiger partial charge on any atom is -0.493 e. The van der Waals surface area contributed by atoms with Crippen LogP contribution < -0.4 is 20.5 Å². The molecule has 6 heteroatoms. The molecule has 128 valence electrons. The molecule has 3 N–H and O–H groups in total. The molecule has 0 spiro atoms. The van der Waals surface area contributed by atoms with E-state index in [0.29, 0.717) is 23.1 Å². The molecule has 0 aliphatic rings. The average molecular weight is 349 g/mol. The molecule has 0 saturated heterocycles. The van der Waals surface area contributed by atoms with Gasteiger partial charge in [-0.05, 0) is 30.2 Å². The van der Waals surface area contributed by atoms with E-state index in [0.717, 1.165) is 5.56 Å². The lowest BCUT2D eigenvalue weighted by Crippen LogP contribution is -2.20. The summed E-state index contributed by atoms with van der Waals surface area (Å²) in [6.45, 7) is 2.46. The molecule has 1 amide bonds. The molecule has 2 aromatic carbocycles. The minimum atomic E-state index is -0.574. The van der Waals surface area contributed by atoms with Crippen LogP contribution >= 0.6 is 11.6 Å². The Bertz CT molecular complexity index is 692. The fraction of sp³-hybridized carbons (Fsp3) is 0.278. The van der Waals surface area contributed by atoms with E-state index in [4.69, 9.17) is 26.8 Å². The minimum absolute atomic E-state index is 0.196. The maximum atomic E-state index is 10.9. The topological polar surface area (TPSA) is 73.6 Å². The lowest BCUT2D eigenvalue weighted by molar-refractivity contribution is -0.119. The number of halogens is 1. The van der Waals surface area contributed by atoms with Crippen LogP contribution in [0.4, 0.5) is 0 Å². The Labute approximate surface area is 146 Å². The molecule has 0 aliphatic heterocycles. The molecule has 2 rings (SSSR count). The van der Waals surface area contributed by atoms with Crippen molar-refractivity contribution in [2.75, 3.05) is 13.7 Å². The molecular weight excluding hydrogens is 328 g/mol. The van der Waals surface area contributed by atoms with E-state index in [1.165, 1.54) is 12.7 Å². The number of benzene rings is 2. The van der Waals surface area contributed by atoms with Crippen LogP contribution in [-0.4, -0.2) is 19.6 Å². The first-order valence-corrected chi connectivity index (χ1v) is 7.95. The highest BCUT2D eigenvalue weighted by atomic mass is 35.5. The van der Waals surface area contributed by atoms with E-state index in [1.807, 2.05) is 24.3 Å². The van der Waals surface area contributed by atoms with Crippen molar-refractivity contribution >= 4 is 17.5 Å². The van der Waals surface area contributed by atoms with E-state index < -0.39 is 5.91 Å². The van der Waals surface area contributed by atoms with E-state index in [1.54, 1.807) is 6.07 Å². The third-order valence-electron chi connectivity index (χ3n) is 3.56. The Morgan fingerprint density at radius 2 is 2.00 bits per heavy atom. The van der Waals surface area contributed by atoms with Gasteiger partial charge >= 0.3 is 0 Å². The number of hydrogen-bond acceptors (Lipinski definition) is 4. The zero-order valence-electron chi connectivity index (χ0n) is 13.7. The van der Waals surface area contributed by atoms with E-state index >= 15 is 0 Å². The molecule has 0 aromatic heterocycles. The van der Waals surface area contributed by atoms with Crippen LogP contribution in [0.25, 0.3) is 0 Å². The number of methoxy groups -OCH3 is 1. The fourth-order valence-corrected chi connectivity index (χ4v) is 2.58. The van der Waals surface area contributed by atoms with Crippen molar-refractivity contribution in [2.24, 2.45) is 5.73 Å². The second kappa shape index (κ2) is 8.57. The summed E-state index contributed by atoms with van der Waals surface area (Å²) in [5.74, 6) is 0.210. The number of primary amides is 1. The Kier molecular flexibility index (Phi) is 6.46. The second-order valence-electron chi connectivity index (χ2n) is 5.38. The van der Waals surface area contributed by atoms with Crippen molar-refractivity contribution in [3.63, 3.8) is 0 Å². The molecule has 0 heterocycles. The summed E-state index contributed by atoms with van der Waals surface area (Å²) >= 11 is 6.24. The van der Waals surface area contributed by atoms with Gasteiger partial charge in [0.25, 0.3) is 5.91 Å². The van der Waals surface area contributed by atoms with Crippen LogP contribution in [0, 0.1) is 0 Å². The van der Waals surface area contributed by atoms with Crippen molar-refractivity contribution in [3.05, 3.63) is 58.6 Å². The number of ether oxygens (including phenoxy) is 2. The van der Waals surface area contributed by atoms with Gasteiger partial charge in [0.15, 0.2) is 18.1 Å². The SMILES string of the molecule is COc1cc(CN[C@@H](C)c2ccccc2)cc(Cl)c1OCC(N)=O. The van der Waals surface area contributed by atoms with Gasteiger partial charge in [0.05, 0.1) is 12.1 Å². The third kappa shape index (κ3) is 4.88. The Balaban J connectivity index is 2.08. The summed E-state index contributed by atoms with van der Waals surface area (Å²) in [7, 11) is 1.52. The van der Waals surface area contributed by atoms with Crippen LogP contribution in [0.1, 0.15) is 24.1 Å². The van der Waals surface area contributed by atoms with Gasteiger partial charge in [-0.3, -0.25) is 4.79 Å². The Morgan fingerprint density at radius 3 is 2.62 bits per heavy atom. The van der Waals surface area contributed by atoms with Gasteiger partial charge in [0.1, 0.15) is 0 Å². The first-order valence-electron chi connectivity index (χ1n) is 7.57. The van der Waals surface area contributed by atoms with Gasteiger partial charge in [-0.15, -0.1) is 0 Å². The summed E-state index contributed by atoms with van der Waals surface area (Å²) in [5.41, 5.74) is 7.25. The largest absolute Gasteiger partial charge is 0.493 e. The molecule has 0 unspecified atom stereocenters. The van der Waals surface area contributed by atoms with Gasteiger partial charge in [0.2, 0.25) is 0 Å². The number of carbonyl (C=O) groups is 1. The molecule has 0 bridgehead atoms. The molecular formula is C18H21ClN2O3. The van der Waals surface area contributed by atoms with Crippen molar-refractivity contribution in [1.29, 1.82) is 0 Å². The highest BCUT2D eigenvalue weighted by Crippen LogP contribution is 2.36. The van der Waals surface area contributed by atoms with Crippen molar-refractivity contribution in [3.8, 4) is 11.5 Å². The first kappa shape index (κ1) is 18.1. The van der Waals surface area contributed by atoms with Gasteiger partial charge in [-0.1, -0.05) is 41.9 Å². The van der Waals surface area contributed by atoms with Gasteiger partial charge in [-0.2, -0.15) is 0 Å². The number of rotatable bonds is 8. The maximum Gasteiger partial charge on any atom is 0.255 e. The molecule has 2 aromatic rings. The predicted molar refractivity (Wildman–Crippen MR) is 94.4 cm³/mol. The van der Waals surface area contributed by atoms with E-state index in [9.17, 15) is 4.79 Å². The average Bonchev–Trinajstić information content (AvgIpc) is 2.58. The highest BCUT2D eigenvalue weighted by Gasteiger charge is 2.14. The maximum absolute atomic E-state index is 10.9. The molecule has 1 atom stereocenters. The number of carbonyl (C=O) groups excluding carboxylic acids is 1. The predicted octanol–water partition coefficient (Wildman–Crippen LogP) is 3.06. The number of nitrogens with one attached hydrogen (secondary N) is 1. The molecule has 0 radical (unpaired) electrons. The molecule has 24 heavy (non-hydrogen) atoms. The summed E-state index contributed by atoms with van der Waals surface area (Å²) in [6.07, 6.45) is 0. The number of hydrogen-bond donors (Lipinski definition) is 2. The first-order chi connectivity index (χ1) is 11.5. The second-order valence-corrected chi connectivity index (χ2v) is 5.78. The van der Waals surface area contributed by atoms with Crippen LogP contribution in [0.2, 0.25) is 5.02 Å². The summed E-state index contributed by atoms with van der Waals surface area (Å²) in [6, 6.07) is 14.0. The van der Waals surface area contributed by atoms with Crippen LogP contribution in [0.15, 0.2) is 42.5 Å². The molecule has 5 nitrogen and oxygen atoms in total. The van der Waals surface area contributed by atoms with Crippen LogP contribution in [0.5, 0.6) is 11.5 Å². The van der Waals surface area contributed by atoms with Gasteiger partial charge < -0.3 is 20.5 Å². The quantitative estimate of drug-likeness (QED) is 0.769. The smallest absolute Gasteiger partial charge is 0.255 e. The van der Waals surface area contributed by atoms with Crippen molar-refractivity contribution < 1.29 is 14.3 Å². The molecule has 0 aliphatic carbocycles. The molecule has 0 saturated carbocycles. The Hall–Kier alpha value is -2.24. The van der Waals surface area contributed by atoms with E-state index in [2.05, 4.69) is 24.4 Å². The standard InChI is InChI=1S/C18H21ClN2O3/c1-12(14-6-4-3-5-7-14)21-10-13-8-15(19)18(16(9-13)23-2)24-11-17(20)22/h3-9,12,21H,10-11H2,1-2H3,(H2,20,22)/t12-/m0/s1. The lowest BCUT2D eigenvalue weighted by Gasteiger charge is -2.16. The monoisotopic (exact) mass is 348 g/mol. The van der Waals surface area contributed by atoms with E-state index in [-0.39, 0.29) is 12.6 Å². The normalized spacial score (nSPS) is 11.8. The van der Waals surface area contributed by atoms with Crippen LogP contribution in [0.3, 0.4) is 0 Å². The zero-order valence-corrected chi connectivity index (χ0v) is 14.5. The number of nitrogens with two attached hydrogens (primary N) is 1. The fourth-order valence-electron chi connectivity index (χ4n) is 2.29. The molecule has 0 fully saturated rings. The van der Waals surface area contributed by atoms with Crippen molar-refractivity contribution in [2.45, 2.75) is 19.5 Å². The van der Waals surface area contributed by atoms with Crippen LogP contribution in [-0.2, 0) is 11.3 Å². The lowest BCUT2D eigenvalue weighted by atomic mass is 10.1. The third-order valence-corrected chi connectivity index (χ3v) is 3.84. The summed E-state index contributed by atoms with van der Waals surface area (Å²) < 4.78 is 10.6. The zero-order chi connectivity index (χ0) is 17.5. The Morgan fingerprint density at radius 1 is 1.29 bits per heavy atom. The summed E-state index contributed by atoms with van der Waals surface area (Å²) in [5, 5.41) is 3.81. The highest BCUT2D eigenvalue weighted by molar-refractivity contribution is 6.32.